The molecule has 1 amide bonds. The van der Waals surface area contributed by atoms with Crippen molar-refractivity contribution in [1.82, 2.24) is 5.32 Å². The summed E-state index contributed by atoms with van der Waals surface area (Å²) in [5.41, 5.74) is 1.61. The van der Waals surface area contributed by atoms with E-state index in [1.54, 1.807) is 6.07 Å². The summed E-state index contributed by atoms with van der Waals surface area (Å²) in [7, 11) is 0. The molecule has 2 N–H and O–H groups in total. The summed E-state index contributed by atoms with van der Waals surface area (Å²) in [5, 5.41) is 2.90. The number of nitrogens with one attached hydrogen (secondary N) is 2. The molecule has 0 unspecified atom stereocenters. The van der Waals surface area contributed by atoms with Crippen LogP contribution in [0.4, 0.5) is 0 Å². The first-order valence-electron chi connectivity index (χ1n) is 7.17. The molecule has 0 radical (unpaired) electrons. The molecule has 3 nitrogen and oxygen atoms in total. The number of alkyl halides is 3. The van der Waals surface area contributed by atoms with Crippen molar-refractivity contribution in [3.63, 3.8) is 0 Å². The Hall–Kier alpha value is -0.480. The van der Waals surface area contributed by atoms with Crippen LogP contribution in [0.1, 0.15) is 35.2 Å². The first kappa shape index (κ1) is 16.9. The second-order valence-corrected chi connectivity index (χ2v) is 7.91. The van der Waals surface area contributed by atoms with Crippen LogP contribution < -0.4 is 10.2 Å². The molecule has 0 saturated carbocycles. The number of rotatable bonds is 3. The average molecular weight is 351 g/mol. The Morgan fingerprint density at radius 1 is 1.24 bits per heavy atom. The van der Waals surface area contributed by atoms with Crippen LogP contribution in [-0.2, 0) is 0 Å². The topological polar surface area (TPSA) is 33.5 Å². The summed E-state index contributed by atoms with van der Waals surface area (Å²) >= 11 is 18.3. The van der Waals surface area contributed by atoms with E-state index in [4.69, 9.17) is 34.8 Å². The van der Waals surface area contributed by atoms with Gasteiger partial charge in [-0.25, -0.2) is 0 Å². The standard InChI is InChI=1S/C15H19Cl3N2O/c1-11-6-5-7-12(10-11)13(21)19-14(15(16,17)18)20-8-3-2-4-9-20/h5-7,10,14H,2-4,8-9H2,1H3,(H,19,21)/p+1/t14-/m1/s1. The molecule has 0 spiro atoms. The molecule has 1 heterocycles. The number of halogens is 3. The minimum atomic E-state index is -1.52. The molecule has 0 bridgehead atoms. The van der Waals surface area contributed by atoms with Crippen molar-refractivity contribution in [1.29, 1.82) is 0 Å². The maximum atomic E-state index is 12.4. The molecule has 1 aliphatic rings. The molecule has 1 aromatic carbocycles. The summed E-state index contributed by atoms with van der Waals surface area (Å²) in [5.74, 6) is -0.201. The van der Waals surface area contributed by atoms with Gasteiger partial charge in [0.2, 0.25) is 6.17 Å². The molecule has 6 heteroatoms. The van der Waals surface area contributed by atoms with Crippen LogP contribution in [0.15, 0.2) is 24.3 Å². The van der Waals surface area contributed by atoms with E-state index in [1.165, 1.54) is 6.42 Å². The maximum Gasteiger partial charge on any atom is 0.262 e. The van der Waals surface area contributed by atoms with Crippen molar-refractivity contribution in [2.45, 2.75) is 36.1 Å². The van der Waals surface area contributed by atoms with Crippen LogP contribution in [0.25, 0.3) is 0 Å². The predicted octanol–water partition coefficient (Wildman–Crippen LogP) is 2.49. The summed E-state index contributed by atoms with van der Waals surface area (Å²) in [6.45, 7) is 3.76. The lowest BCUT2D eigenvalue weighted by molar-refractivity contribution is -0.931. The molecule has 0 aliphatic carbocycles. The van der Waals surface area contributed by atoms with Gasteiger partial charge in [-0.05, 0) is 38.3 Å². The van der Waals surface area contributed by atoms with E-state index in [1.807, 2.05) is 25.1 Å². The molecule has 1 fully saturated rings. The highest BCUT2D eigenvalue weighted by molar-refractivity contribution is 6.68. The number of benzene rings is 1. The number of aryl methyl sites for hydroxylation is 1. The summed E-state index contributed by atoms with van der Waals surface area (Å²) in [4.78, 5) is 13.5. The third-order valence-electron chi connectivity index (χ3n) is 3.79. The fourth-order valence-electron chi connectivity index (χ4n) is 2.71. The number of carbonyl (C=O) groups excluding carboxylic acids is 1. The Morgan fingerprint density at radius 2 is 1.90 bits per heavy atom. The van der Waals surface area contributed by atoms with E-state index in [2.05, 4.69) is 5.32 Å². The third kappa shape index (κ3) is 4.75. The van der Waals surface area contributed by atoms with Gasteiger partial charge < -0.3 is 4.90 Å². The van der Waals surface area contributed by atoms with Crippen molar-refractivity contribution in [3.05, 3.63) is 35.4 Å². The second kappa shape index (κ2) is 7.19. The fraction of sp³-hybridized carbons (Fsp3) is 0.533. The lowest BCUT2D eigenvalue weighted by Crippen LogP contribution is -3.20. The molecule has 0 aromatic heterocycles. The third-order valence-corrected chi connectivity index (χ3v) is 4.44. The monoisotopic (exact) mass is 349 g/mol. The van der Waals surface area contributed by atoms with E-state index in [-0.39, 0.29) is 5.91 Å². The van der Waals surface area contributed by atoms with Gasteiger partial charge in [-0.2, -0.15) is 0 Å². The van der Waals surface area contributed by atoms with Crippen molar-refractivity contribution < 1.29 is 9.69 Å². The molecule has 21 heavy (non-hydrogen) atoms. The minimum absolute atomic E-state index is 0.201. The maximum absolute atomic E-state index is 12.4. The fourth-order valence-corrected chi connectivity index (χ4v) is 3.34. The Balaban J connectivity index is 2.13. The zero-order valence-corrected chi connectivity index (χ0v) is 14.2. The molecular weight excluding hydrogens is 331 g/mol. The Kier molecular flexibility index (Phi) is 5.78. The average Bonchev–Trinajstić information content (AvgIpc) is 2.44. The van der Waals surface area contributed by atoms with E-state index in [0.29, 0.717) is 5.56 Å². The lowest BCUT2D eigenvalue weighted by Gasteiger charge is -2.35. The van der Waals surface area contributed by atoms with E-state index in [9.17, 15) is 4.79 Å². The van der Waals surface area contributed by atoms with Crippen molar-refractivity contribution in [2.24, 2.45) is 0 Å². The van der Waals surface area contributed by atoms with Crippen LogP contribution >= 0.6 is 34.8 Å². The molecule has 1 aliphatic heterocycles. The minimum Gasteiger partial charge on any atom is -0.312 e. The highest BCUT2D eigenvalue weighted by Crippen LogP contribution is 2.28. The number of likely N-dealkylation sites (tertiary alicyclic amines) is 1. The van der Waals surface area contributed by atoms with Gasteiger partial charge >= 0.3 is 0 Å². The quantitative estimate of drug-likeness (QED) is 0.807. The number of piperidine rings is 1. The normalized spacial score (nSPS) is 18.3. The lowest BCUT2D eigenvalue weighted by atomic mass is 10.1. The first-order chi connectivity index (χ1) is 9.88. The smallest absolute Gasteiger partial charge is 0.262 e. The van der Waals surface area contributed by atoms with Gasteiger partial charge in [0.25, 0.3) is 9.70 Å². The summed E-state index contributed by atoms with van der Waals surface area (Å²) in [6.07, 6.45) is 2.85. The molecule has 1 saturated heterocycles. The summed E-state index contributed by atoms with van der Waals surface area (Å²) in [6, 6.07) is 7.39. The van der Waals surface area contributed by atoms with Gasteiger partial charge in [-0.1, -0.05) is 52.5 Å². The molecular formula is C15H20Cl3N2O+. The first-order valence-corrected chi connectivity index (χ1v) is 8.30. The SMILES string of the molecule is Cc1cccc(C(=O)N[C@H]([NH+]2CCCCC2)C(Cl)(Cl)Cl)c1. The summed E-state index contributed by atoms with van der Waals surface area (Å²) < 4.78 is -1.52. The van der Waals surface area contributed by atoms with Crippen LogP contribution in [0.3, 0.4) is 0 Å². The van der Waals surface area contributed by atoms with E-state index < -0.39 is 9.96 Å². The predicted molar refractivity (Wildman–Crippen MR) is 87.3 cm³/mol. The number of carbonyl (C=O) groups is 1. The van der Waals surface area contributed by atoms with Gasteiger partial charge in [0, 0.05) is 5.56 Å². The van der Waals surface area contributed by atoms with E-state index >= 15 is 0 Å². The van der Waals surface area contributed by atoms with Crippen LogP contribution in [-0.4, -0.2) is 29.0 Å². The zero-order chi connectivity index (χ0) is 15.5. The van der Waals surface area contributed by atoms with Crippen LogP contribution in [0.2, 0.25) is 0 Å². The van der Waals surface area contributed by atoms with Crippen LogP contribution in [0, 0.1) is 6.92 Å². The number of quaternary nitrogens is 1. The van der Waals surface area contributed by atoms with Crippen molar-refractivity contribution in [2.75, 3.05) is 13.1 Å². The Bertz CT molecular complexity index is 496. The number of hydrogen-bond donors (Lipinski definition) is 2. The van der Waals surface area contributed by atoms with Crippen LogP contribution in [0.5, 0.6) is 0 Å². The van der Waals surface area contributed by atoms with Gasteiger partial charge in [0.1, 0.15) is 0 Å². The van der Waals surface area contributed by atoms with E-state index in [0.717, 1.165) is 36.4 Å². The molecule has 2 rings (SSSR count). The Labute approximate surface area is 140 Å². The van der Waals surface area contributed by atoms with Gasteiger partial charge in [0.05, 0.1) is 13.1 Å². The second-order valence-electron chi connectivity index (χ2n) is 5.54. The highest BCUT2D eigenvalue weighted by Gasteiger charge is 2.42. The largest absolute Gasteiger partial charge is 0.312 e. The zero-order valence-electron chi connectivity index (χ0n) is 12.0. The van der Waals surface area contributed by atoms with Crippen molar-refractivity contribution >= 4 is 40.7 Å². The van der Waals surface area contributed by atoms with Gasteiger partial charge in [-0.15, -0.1) is 0 Å². The van der Waals surface area contributed by atoms with Crippen molar-refractivity contribution in [3.8, 4) is 0 Å². The van der Waals surface area contributed by atoms with Gasteiger partial charge in [0.15, 0.2) is 0 Å². The molecule has 1 atom stereocenters. The highest BCUT2D eigenvalue weighted by atomic mass is 35.6. The molecule has 116 valence electrons. The number of hydrogen-bond acceptors (Lipinski definition) is 1. The number of amides is 1. The Morgan fingerprint density at radius 3 is 2.48 bits per heavy atom. The van der Waals surface area contributed by atoms with Gasteiger partial charge in [-0.3, -0.25) is 10.1 Å². The molecule has 1 aromatic rings.